The number of benzene rings is 1. The first-order valence-corrected chi connectivity index (χ1v) is 6.76. The van der Waals surface area contributed by atoms with Crippen molar-refractivity contribution in [1.82, 2.24) is 0 Å². The van der Waals surface area contributed by atoms with Crippen LogP contribution >= 0.6 is 15.9 Å². The van der Waals surface area contributed by atoms with Crippen molar-refractivity contribution < 1.29 is 14.2 Å². The van der Waals surface area contributed by atoms with Gasteiger partial charge in [-0.25, -0.2) is 0 Å². The summed E-state index contributed by atoms with van der Waals surface area (Å²) >= 11 is 3.45. The predicted octanol–water partition coefficient (Wildman–Crippen LogP) is 3.79. The van der Waals surface area contributed by atoms with E-state index in [2.05, 4.69) is 15.9 Å². The van der Waals surface area contributed by atoms with Crippen LogP contribution in [0.2, 0.25) is 0 Å². The maximum absolute atomic E-state index is 5.57. The topological polar surface area (TPSA) is 27.7 Å². The lowest BCUT2D eigenvalue weighted by molar-refractivity contribution is -0.0376. The van der Waals surface area contributed by atoms with Crippen molar-refractivity contribution in [3.8, 4) is 5.75 Å². The average Bonchev–Trinajstić information content (AvgIpc) is 2.27. The minimum atomic E-state index is -0.105. The summed E-state index contributed by atoms with van der Waals surface area (Å²) in [5, 5.41) is 0. The molecule has 1 rings (SSSR count). The minimum absolute atomic E-state index is 0.105. The van der Waals surface area contributed by atoms with Gasteiger partial charge in [0.1, 0.15) is 5.75 Å². The van der Waals surface area contributed by atoms with Crippen LogP contribution in [0.1, 0.15) is 26.3 Å². The molecular formula is C14H21BrO3. The van der Waals surface area contributed by atoms with Gasteiger partial charge in [-0.05, 0) is 54.4 Å². The second-order valence-electron chi connectivity index (χ2n) is 4.98. The maximum Gasteiger partial charge on any atom is 0.133 e. The third-order valence-electron chi connectivity index (χ3n) is 2.25. The van der Waals surface area contributed by atoms with Gasteiger partial charge in [0.15, 0.2) is 0 Å². The summed E-state index contributed by atoms with van der Waals surface area (Å²) in [6.07, 6.45) is 0. The fourth-order valence-electron chi connectivity index (χ4n) is 1.40. The Morgan fingerprint density at radius 3 is 2.44 bits per heavy atom. The SMILES string of the molecule is COc1ccc(COCCOC(C)(C)C)cc1Br. The minimum Gasteiger partial charge on any atom is -0.496 e. The molecule has 0 atom stereocenters. The molecular weight excluding hydrogens is 296 g/mol. The Morgan fingerprint density at radius 2 is 1.89 bits per heavy atom. The number of hydrogen-bond donors (Lipinski definition) is 0. The normalized spacial score (nSPS) is 11.6. The molecule has 0 bridgehead atoms. The molecule has 0 aromatic heterocycles. The van der Waals surface area contributed by atoms with Crippen LogP contribution in [0.4, 0.5) is 0 Å². The third-order valence-corrected chi connectivity index (χ3v) is 2.87. The van der Waals surface area contributed by atoms with E-state index in [1.807, 2.05) is 39.0 Å². The quantitative estimate of drug-likeness (QED) is 0.747. The van der Waals surface area contributed by atoms with E-state index in [0.29, 0.717) is 19.8 Å². The molecule has 0 spiro atoms. The van der Waals surface area contributed by atoms with Crippen LogP contribution in [0.25, 0.3) is 0 Å². The van der Waals surface area contributed by atoms with Crippen LogP contribution < -0.4 is 4.74 Å². The zero-order valence-corrected chi connectivity index (χ0v) is 13.0. The Balaban J connectivity index is 2.29. The number of rotatable bonds is 6. The average molecular weight is 317 g/mol. The molecule has 0 radical (unpaired) electrons. The van der Waals surface area contributed by atoms with Crippen molar-refractivity contribution in [2.75, 3.05) is 20.3 Å². The van der Waals surface area contributed by atoms with E-state index >= 15 is 0 Å². The van der Waals surface area contributed by atoms with Crippen LogP contribution in [0.5, 0.6) is 5.75 Å². The summed E-state index contributed by atoms with van der Waals surface area (Å²) < 4.78 is 17.2. The van der Waals surface area contributed by atoms with E-state index in [1.165, 1.54) is 0 Å². The number of hydrogen-bond acceptors (Lipinski definition) is 3. The van der Waals surface area contributed by atoms with Gasteiger partial charge in [-0.1, -0.05) is 6.07 Å². The molecule has 0 aliphatic rings. The molecule has 1 aromatic rings. The zero-order valence-electron chi connectivity index (χ0n) is 11.5. The number of ether oxygens (including phenoxy) is 3. The Hall–Kier alpha value is -0.580. The van der Waals surface area contributed by atoms with Crippen molar-refractivity contribution >= 4 is 15.9 Å². The van der Waals surface area contributed by atoms with Crippen molar-refractivity contribution in [1.29, 1.82) is 0 Å². The molecule has 0 aliphatic heterocycles. The first-order chi connectivity index (χ1) is 8.42. The Morgan fingerprint density at radius 1 is 1.17 bits per heavy atom. The van der Waals surface area contributed by atoms with Crippen LogP contribution in [0, 0.1) is 0 Å². The lowest BCUT2D eigenvalue weighted by Crippen LogP contribution is -2.21. The van der Waals surface area contributed by atoms with E-state index < -0.39 is 0 Å². The molecule has 0 heterocycles. The maximum atomic E-state index is 5.57. The Bertz CT molecular complexity index is 372. The first-order valence-electron chi connectivity index (χ1n) is 5.96. The van der Waals surface area contributed by atoms with Gasteiger partial charge in [0.2, 0.25) is 0 Å². The fraction of sp³-hybridized carbons (Fsp3) is 0.571. The Kier molecular flexibility index (Phi) is 6.12. The molecule has 0 unspecified atom stereocenters. The van der Waals surface area contributed by atoms with Gasteiger partial charge < -0.3 is 14.2 Å². The molecule has 0 N–H and O–H groups in total. The second kappa shape index (κ2) is 7.12. The molecule has 18 heavy (non-hydrogen) atoms. The fourth-order valence-corrected chi connectivity index (χ4v) is 1.98. The monoisotopic (exact) mass is 316 g/mol. The number of halogens is 1. The largest absolute Gasteiger partial charge is 0.496 e. The van der Waals surface area contributed by atoms with E-state index in [0.717, 1.165) is 15.8 Å². The first kappa shape index (κ1) is 15.5. The molecule has 0 saturated carbocycles. The predicted molar refractivity (Wildman–Crippen MR) is 76.1 cm³/mol. The third kappa shape index (κ3) is 5.85. The zero-order chi connectivity index (χ0) is 13.6. The van der Waals surface area contributed by atoms with Crippen molar-refractivity contribution in [2.24, 2.45) is 0 Å². The highest BCUT2D eigenvalue weighted by Gasteiger charge is 2.09. The van der Waals surface area contributed by atoms with E-state index in [1.54, 1.807) is 7.11 Å². The molecule has 3 nitrogen and oxygen atoms in total. The van der Waals surface area contributed by atoms with Crippen molar-refractivity contribution in [2.45, 2.75) is 33.0 Å². The van der Waals surface area contributed by atoms with Crippen LogP contribution in [-0.2, 0) is 16.1 Å². The van der Waals surface area contributed by atoms with E-state index in [-0.39, 0.29) is 5.60 Å². The highest BCUT2D eigenvalue weighted by Crippen LogP contribution is 2.25. The van der Waals surface area contributed by atoms with Gasteiger partial charge in [0.05, 0.1) is 37.0 Å². The molecule has 4 heteroatoms. The summed E-state index contributed by atoms with van der Waals surface area (Å²) in [7, 11) is 1.65. The van der Waals surface area contributed by atoms with Gasteiger partial charge in [0, 0.05) is 0 Å². The summed E-state index contributed by atoms with van der Waals surface area (Å²) in [6.45, 7) is 7.90. The van der Waals surface area contributed by atoms with Gasteiger partial charge in [-0.15, -0.1) is 0 Å². The molecule has 1 aromatic carbocycles. The van der Waals surface area contributed by atoms with Gasteiger partial charge in [-0.2, -0.15) is 0 Å². The van der Waals surface area contributed by atoms with Gasteiger partial charge in [-0.3, -0.25) is 0 Å². The van der Waals surface area contributed by atoms with E-state index in [9.17, 15) is 0 Å². The summed E-state index contributed by atoms with van der Waals surface area (Å²) in [5.74, 6) is 0.829. The highest BCUT2D eigenvalue weighted by molar-refractivity contribution is 9.10. The molecule has 0 saturated heterocycles. The van der Waals surface area contributed by atoms with Crippen LogP contribution in [0.3, 0.4) is 0 Å². The van der Waals surface area contributed by atoms with Crippen LogP contribution in [-0.4, -0.2) is 25.9 Å². The smallest absolute Gasteiger partial charge is 0.133 e. The summed E-state index contributed by atoms with van der Waals surface area (Å²) in [5.41, 5.74) is 1.00. The van der Waals surface area contributed by atoms with Gasteiger partial charge >= 0.3 is 0 Å². The Labute approximate surface area is 118 Å². The second-order valence-corrected chi connectivity index (χ2v) is 5.84. The van der Waals surface area contributed by atoms with Gasteiger partial charge in [0.25, 0.3) is 0 Å². The standard InChI is InChI=1S/C14H21BrO3/c1-14(2,3)18-8-7-17-10-11-5-6-13(16-4)12(15)9-11/h5-6,9H,7-8,10H2,1-4H3. The molecule has 0 aliphatic carbocycles. The lowest BCUT2D eigenvalue weighted by atomic mass is 10.2. The van der Waals surface area contributed by atoms with Crippen molar-refractivity contribution in [3.63, 3.8) is 0 Å². The molecule has 0 amide bonds. The summed E-state index contributed by atoms with van der Waals surface area (Å²) in [4.78, 5) is 0. The molecule has 102 valence electrons. The number of methoxy groups -OCH3 is 1. The van der Waals surface area contributed by atoms with Crippen molar-refractivity contribution in [3.05, 3.63) is 28.2 Å². The highest BCUT2D eigenvalue weighted by atomic mass is 79.9. The molecule has 0 fully saturated rings. The lowest BCUT2D eigenvalue weighted by Gasteiger charge is -2.19. The van der Waals surface area contributed by atoms with E-state index in [4.69, 9.17) is 14.2 Å². The summed E-state index contributed by atoms with van der Waals surface area (Å²) in [6, 6.07) is 5.92. The van der Waals surface area contributed by atoms with Crippen LogP contribution in [0.15, 0.2) is 22.7 Å².